The quantitative estimate of drug-likeness (QED) is 0.883. The number of anilines is 1. The number of benzene rings is 1. The van der Waals surface area contributed by atoms with Gasteiger partial charge in [-0.05, 0) is 36.1 Å². The van der Waals surface area contributed by atoms with Crippen LogP contribution in [0.15, 0.2) is 24.4 Å². The minimum absolute atomic E-state index is 0.0573. The molecule has 0 aliphatic heterocycles. The normalized spacial score (nSPS) is 10.2. The molecule has 2 aromatic rings. The fourth-order valence-corrected chi connectivity index (χ4v) is 2.40. The van der Waals surface area contributed by atoms with Crippen LogP contribution < -0.4 is 10.5 Å². The van der Waals surface area contributed by atoms with Gasteiger partial charge in [0.15, 0.2) is 11.5 Å². The second-order valence-corrected chi connectivity index (χ2v) is 5.02. The molecular formula is C17H19N3O2. The molecule has 0 saturated carbocycles. The predicted octanol–water partition coefficient (Wildman–Crippen LogP) is 3.26. The predicted molar refractivity (Wildman–Crippen MR) is 85.6 cm³/mol. The Morgan fingerprint density at radius 1 is 1.41 bits per heavy atom. The molecule has 0 saturated heterocycles. The molecule has 0 atom stereocenters. The standard InChI is InChI=1S/C17H19N3O2/c1-3-4-5-12-10-20-17(19)13(9-18)16(12)11-6-7-14(21)15(8-11)22-2/h6-8,10,21H,3-5H2,1-2H3,(H2,19,20). The number of nitrogen functional groups attached to an aromatic ring is 1. The number of pyridine rings is 1. The lowest BCUT2D eigenvalue weighted by Crippen LogP contribution is -2.02. The molecule has 0 amide bonds. The summed E-state index contributed by atoms with van der Waals surface area (Å²) in [5, 5.41) is 19.2. The third kappa shape index (κ3) is 2.96. The van der Waals surface area contributed by atoms with Gasteiger partial charge >= 0.3 is 0 Å². The number of aryl methyl sites for hydroxylation is 1. The Morgan fingerprint density at radius 3 is 2.82 bits per heavy atom. The van der Waals surface area contributed by atoms with E-state index in [0.717, 1.165) is 36.0 Å². The molecule has 5 heteroatoms. The van der Waals surface area contributed by atoms with E-state index in [1.807, 2.05) is 0 Å². The molecule has 0 unspecified atom stereocenters. The number of hydrogen-bond acceptors (Lipinski definition) is 5. The molecular weight excluding hydrogens is 278 g/mol. The monoisotopic (exact) mass is 297 g/mol. The Balaban J connectivity index is 2.66. The van der Waals surface area contributed by atoms with E-state index < -0.39 is 0 Å². The van der Waals surface area contributed by atoms with Crippen LogP contribution in [-0.2, 0) is 6.42 Å². The van der Waals surface area contributed by atoms with E-state index in [2.05, 4.69) is 18.0 Å². The van der Waals surface area contributed by atoms with E-state index in [9.17, 15) is 10.4 Å². The highest BCUT2D eigenvalue weighted by molar-refractivity contribution is 5.79. The summed E-state index contributed by atoms with van der Waals surface area (Å²) in [6.45, 7) is 2.11. The maximum atomic E-state index is 9.75. The van der Waals surface area contributed by atoms with Crippen molar-refractivity contribution >= 4 is 5.82 Å². The van der Waals surface area contributed by atoms with Gasteiger partial charge in [0.05, 0.1) is 7.11 Å². The van der Waals surface area contributed by atoms with Crippen molar-refractivity contribution in [2.75, 3.05) is 12.8 Å². The van der Waals surface area contributed by atoms with E-state index in [0.29, 0.717) is 11.3 Å². The zero-order valence-electron chi connectivity index (χ0n) is 12.8. The summed E-state index contributed by atoms with van der Waals surface area (Å²) in [5.41, 5.74) is 8.74. The summed E-state index contributed by atoms with van der Waals surface area (Å²) in [5.74, 6) is 0.630. The van der Waals surface area contributed by atoms with Crippen molar-refractivity contribution < 1.29 is 9.84 Å². The topological polar surface area (TPSA) is 92.2 Å². The smallest absolute Gasteiger partial charge is 0.161 e. The van der Waals surface area contributed by atoms with Crippen molar-refractivity contribution in [1.82, 2.24) is 4.98 Å². The zero-order chi connectivity index (χ0) is 16.1. The first-order valence-corrected chi connectivity index (χ1v) is 7.17. The van der Waals surface area contributed by atoms with Crippen LogP contribution in [0.4, 0.5) is 5.82 Å². The molecule has 2 rings (SSSR count). The van der Waals surface area contributed by atoms with Crippen molar-refractivity contribution in [3.63, 3.8) is 0 Å². The number of phenols is 1. The summed E-state index contributed by atoms with van der Waals surface area (Å²) in [6, 6.07) is 7.15. The van der Waals surface area contributed by atoms with E-state index in [4.69, 9.17) is 10.5 Å². The second-order valence-electron chi connectivity index (χ2n) is 5.02. The van der Waals surface area contributed by atoms with Crippen LogP contribution in [0.5, 0.6) is 11.5 Å². The third-order valence-corrected chi connectivity index (χ3v) is 3.57. The number of phenolic OH excluding ortho intramolecular Hbond substituents is 1. The largest absolute Gasteiger partial charge is 0.504 e. The molecule has 1 aromatic carbocycles. The Labute approximate surface area is 130 Å². The summed E-state index contributed by atoms with van der Waals surface area (Å²) >= 11 is 0. The molecule has 0 aliphatic rings. The first-order valence-electron chi connectivity index (χ1n) is 7.17. The zero-order valence-corrected chi connectivity index (χ0v) is 12.8. The summed E-state index contributed by atoms with van der Waals surface area (Å²) in [4.78, 5) is 4.12. The lowest BCUT2D eigenvalue weighted by atomic mass is 9.93. The average molecular weight is 297 g/mol. The number of methoxy groups -OCH3 is 1. The number of hydrogen-bond donors (Lipinski definition) is 2. The third-order valence-electron chi connectivity index (χ3n) is 3.57. The Hall–Kier alpha value is -2.74. The lowest BCUT2D eigenvalue weighted by Gasteiger charge is -2.14. The first kappa shape index (κ1) is 15.6. The van der Waals surface area contributed by atoms with Gasteiger partial charge in [-0.15, -0.1) is 0 Å². The van der Waals surface area contributed by atoms with Crippen molar-refractivity contribution in [2.45, 2.75) is 26.2 Å². The van der Waals surface area contributed by atoms with Gasteiger partial charge in [-0.1, -0.05) is 19.4 Å². The van der Waals surface area contributed by atoms with Gasteiger partial charge in [-0.2, -0.15) is 5.26 Å². The number of unbranched alkanes of at least 4 members (excludes halogenated alkanes) is 1. The highest BCUT2D eigenvalue weighted by atomic mass is 16.5. The highest BCUT2D eigenvalue weighted by Crippen LogP contribution is 2.36. The maximum absolute atomic E-state index is 9.75. The van der Waals surface area contributed by atoms with Crippen LogP contribution in [-0.4, -0.2) is 17.2 Å². The minimum atomic E-state index is 0.0573. The van der Waals surface area contributed by atoms with Gasteiger partial charge in [0.1, 0.15) is 17.5 Å². The second kappa shape index (κ2) is 6.81. The van der Waals surface area contributed by atoms with Crippen LogP contribution in [0.2, 0.25) is 0 Å². The first-order chi connectivity index (χ1) is 10.6. The number of nitrogens with zero attached hydrogens (tertiary/aromatic N) is 2. The summed E-state index contributed by atoms with van der Waals surface area (Å²) in [6.07, 6.45) is 4.58. The van der Waals surface area contributed by atoms with Crippen LogP contribution in [0.25, 0.3) is 11.1 Å². The van der Waals surface area contributed by atoms with Gasteiger partial charge in [0.25, 0.3) is 0 Å². The fraction of sp³-hybridized carbons (Fsp3) is 0.294. The van der Waals surface area contributed by atoms with Gasteiger partial charge in [-0.25, -0.2) is 4.98 Å². The molecule has 22 heavy (non-hydrogen) atoms. The average Bonchev–Trinajstić information content (AvgIpc) is 2.54. The van der Waals surface area contributed by atoms with E-state index >= 15 is 0 Å². The van der Waals surface area contributed by atoms with E-state index in [1.165, 1.54) is 7.11 Å². The van der Waals surface area contributed by atoms with Crippen LogP contribution in [0.1, 0.15) is 30.9 Å². The highest BCUT2D eigenvalue weighted by Gasteiger charge is 2.16. The molecule has 0 radical (unpaired) electrons. The fourth-order valence-electron chi connectivity index (χ4n) is 2.40. The Bertz CT molecular complexity index is 721. The van der Waals surface area contributed by atoms with Crippen molar-refractivity contribution in [3.8, 4) is 28.7 Å². The molecule has 1 aromatic heterocycles. The van der Waals surface area contributed by atoms with E-state index in [-0.39, 0.29) is 11.6 Å². The molecule has 1 heterocycles. The lowest BCUT2D eigenvalue weighted by molar-refractivity contribution is 0.373. The van der Waals surface area contributed by atoms with Gasteiger partial charge < -0.3 is 15.6 Å². The number of rotatable bonds is 5. The molecule has 0 fully saturated rings. The summed E-state index contributed by atoms with van der Waals surface area (Å²) < 4.78 is 5.15. The Kier molecular flexibility index (Phi) is 4.84. The molecule has 0 bridgehead atoms. The number of ether oxygens (including phenoxy) is 1. The maximum Gasteiger partial charge on any atom is 0.161 e. The number of aromatic hydroxyl groups is 1. The van der Waals surface area contributed by atoms with Crippen molar-refractivity contribution in [3.05, 3.63) is 35.5 Å². The summed E-state index contributed by atoms with van der Waals surface area (Å²) in [7, 11) is 1.49. The van der Waals surface area contributed by atoms with Gasteiger partial charge in [0, 0.05) is 11.8 Å². The molecule has 114 valence electrons. The van der Waals surface area contributed by atoms with Crippen molar-refractivity contribution in [1.29, 1.82) is 5.26 Å². The SMILES string of the molecule is CCCCc1cnc(N)c(C#N)c1-c1ccc(O)c(OC)c1. The van der Waals surface area contributed by atoms with Crippen LogP contribution >= 0.6 is 0 Å². The van der Waals surface area contributed by atoms with Gasteiger partial charge in [0.2, 0.25) is 0 Å². The van der Waals surface area contributed by atoms with E-state index in [1.54, 1.807) is 24.4 Å². The minimum Gasteiger partial charge on any atom is -0.504 e. The molecule has 5 nitrogen and oxygen atoms in total. The molecule has 0 spiro atoms. The molecule has 0 aliphatic carbocycles. The number of nitrogens with two attached hydrogens (primary N) is 1. The number of nitriles is 1. The molecule has 3 N–H and O–H groups in total. The number of aromatic nitrogens is 1. The van der Waals surface area contributed by atoms with Crippen molar-refractivity contribution in [2.24, 2.45) is 0 Å². The van der Waals surface area contributed by atoms with Crippen LogP contribution in [0, 0.1) is 11.3 Å². The van der Waals surface area contributed by atoms with Crippen LogP contribution in [0.3, 0.4) is 0 Å². The Morgan fingerprint density at radius 2 is 2.18 bits per heavy atom. The van der Waals surface area contributed by atoms with Gasteiger partial charge in [-0.3, -0.25) is 0 Å².